The molecule has 2 aromatic rings. The molecule has 0 aliphatic carbocycles. The van der Waals surface area contributed by atoms with Crippen LogP contribution in [0.4, 0.5) is 4.39 Å². The SMILES string of the molecule is OCc1ccc(F)c2sc(CCl)cc12. The molecule has 0 atom stereocenters. The van der Waals surface area contributed by atoms with E-state index in [1.165, 1.54) is 17.4 Å². The van der Waals surface area contributed by atoms with Gasteiger partial charge in [0.25, 0.3) is 0 Å². The lowest BCUT2D eigenvalue weighted by Gasteiger charge is -1.98. The molecule has 0 aliphatic rings. The highest BCUT2D eigenvalue weighted by Gasteiger charge is 2.09. The fraction of sp³-hybridized carbons (Fsp3) is 0.200. The van der Waals surface area contributed by atoms with Gasteiger partial charge >= 0.3 is 0 Å². The summed E-state index contributed by atoms with van der Waals surface area (Å²) in [6.07, 6.45) is 0. The van der Waals surface area contributed by atoms with Crippen molar-refractivity contribution < 1.29 is 9.50 Å². The van der Waals surface area contributed by atoms with Gasteiger partial charge in [0.1, 0.15) is 5.82 Å². The summed E-state index contributed by atoms with van der Waals surface area (Å²) in [6, 6.07) is 4.81. The summed E-state index contributed by atoms with van der Waals surface area (Å²) in [5, 5.41) is 9.83. The van der Waals surface area contributed by atoms with Crippen molar-refractivity contribution in [2.24, 2.45) is 0 Å². The van der Waals surface area contributed by atoms with Gasteiger partial charge in [0.2, 0.25) is 0 Å². The van der Waals surface area contributed by atoms with E-state index in [1.54, 1.807) is 6.07 Å². The molecule has 1 N–H and O–H groups in total. The van der Waals surface area contributed by atoms with Gasteiger partial charge in [0.05, 0.1) is 17.2 Å². The van der Waals surface area contributed by atoms with Crippen LogP contribution in [-0.4, -0.2) is 5.11 Å². The standard InChI is InChI=1S/C10H8ClFOS/c11-4-7-3-8-6(5-13)1-2-9(12)10(8)14-7/h1-3,13H,4-5H2. The second-order valence-corrected chi connectivity index (χ2v) is 4.36. The van der Waals surface area contributed by atoms with Crippen molar-refractivity contribution in [3.63, 3.8) is 0 Å². The molecule has 0 bridgehead atoms. The molecule has 0 radical (unpaired) electrons. The lowest BCUT2D eigenvalue weighted by Crippen LogP contribution is -1.84. The molecule has 0 saturated carbocycles. The Kier molecular flexibility index (Phi) is 2.72. The third kappa shape index (κ3) is 1.52. The Morgan fingerprint density at radius 1 is 1.43 bits per heavy atom. The maximum absolute atomic E-state index is 13.3. The number of aliphatic hydroxyl groups is 1. The van der Waals surface area contributed by atoms with Crippen molar-refractivity contribution >= 4 is 33.0 Å². The third-order valence-electron chi connectivity index (χ3n) is 2.08. The number of aliphatic hydroxyl groups excluding tert-OH is 1. The number of thiophene rings is 1. The van der Waals surface area contributed by atoms with Gasteiger partial charge in [-0.1, -0.05) is 6.07 Å². The van der Waals surface area contributed by atoms with Crippen LogP contribution < -0.4 is 0 Å². The molecule has 4 heteroatoms. The molecule has 0 fully saturated rings. The van der Waals surface area contributed by atoms with Gasteiger partial charge in [-0.05, 0) is 17.7 Å². The average molecular weight is 231 g/mol. The average Bonchev–Trinajstić information content (AvgIpc) is 2.63. The summed E-state index contributed by atoms with van der Waals surface area (Å²) >= 11 is 7.01. The molecule has 0 spiro atoms. The van der Waals surface area contributed by atoms with Gasteiger partial charge in [-0.3, -0.25) is 0 Å². The van der Waals surface area contributed by atoms with Gasteiger partial charge in [0.15, 0.2) is 0 Å². The van der Waals surface area contributed by atoms with E-state index in [-0.39, 0.29) is 12.4 Å². The largest absolute Gasteiger partial charge is 0.392 e. The molecule has 1 nitrogen and oxygen atoms in total. The Balaban J connectivity index is 2.74. The van der Waals surface area contributed by atoms with Crippen molar-refractivity contribution in [1.82, 2.24) is 0 Å². The minimum atomic E-state index is -0.251. The third-order valence-corrected chi connectivity index (χ3v) is 3.67. The highest BCUT2D eigenvalue weighted by Crippen LogP contribution is 2.31. The molecule has 0 amide bonds. The van der Waals surface area contributed by atoms with Gasteiger partial charge in [-0.2, -0.15) is 0 Å². The molecular weight excluding hydrogens is 223 g/mol. The first-order valence-corrected chi connectivity index (χ1v) is 5.48. The number of hydrogen-bond acceptors (Lipinski definition) is 2. The van der Waals surface area contributed by atoms with Crippen LogP contribution in [0, 0.1) is 5.82 Å². The number of fused-ring (bicyclic) bond motifs is 1. The van der Waals surface area contributed by atoms with E-state index in [1.807, 2.05) is 6.07 Å². The van der Waals surface area contributed by atoms with Gasteiger partial charge < -0.3 is 5.11 Å². The van der Waals surface area contributed by atoms with E-state index in [0.717, 1.165) is 15.8 Å². The van der Waals surface area contributed by atoms with Crippen LogP contribution in [0.5, 0.6) is 0 Å². The van der Waals surface area contributed by atoms with E-state index in [0.29, 0.717) is 10.6 Å². The monoisotopic (exact) mass is 230 g/mol. The van der Waals surface area contributed by atoms with Crippen molar-refractivity contribution in [1.29, 1.82) is 0 Å². The van der Waals surface area contributed by atoms with Crippen molar-refractivity contribution in [2.75, 3.05) is 0 Å². The zero-order valence-corrected chi connectivity index (χ0v) is 8.83. The van der Waals surface area contributed by atoms with Crippen LogP contribution in [0.25, 0.3) is 10.1 Å². The molecule has 1 heterocycles. The summed E-state index contributed by atoms with van der Waals surface area (Å²) in [5.41, 5.74) is 0.744. The zero-order chi connectivity index (χ0) is 10.1. The number of alkyl halides is 1. The number of benzene rings is 1. The summed E-state index contributed by atoms with van der Waals surface area (Å²) in [4.78, 5) is 0.918. The van der Waals surface area contributed by atoms with Crippen LogP contribution in [0.3, 0.4) is 0 Å². The normalized spacial score (nSPS) is 11.1. The lowest BCUT2D eigenvalue weighted by molar-refractivity contribution is 0.283. The minimum Gasteiger partial charge on any atom is -0.392 e. The van der Waals surface area contributed by atoms with Gasteiger partial charge in [0, 0.05) is 10.3 Å². The molecule has 1 aromatic heterocycles. The molecule has 0 unspecified atom stereocenters. The predicted octanol–water partition coefficient (Wildman–Crippen LogP) is 3.27. The Morgan fingerprint density at radius 3 is 2.86 bits per heavy atom. The Labute approximate surface area is 89.7 Å². The fourth-order valence-electron chi connectivity index (χ4n) is 1.40. The zero-order valence-electron chi connectivity index (χ0n) is 7.26. The van der Waals surface area contributed by atoms with Gasteiger partial charge in [-0.15, -0.1) is 22.9 Å². The molecule has 0 saturated heterocycles. The smallest absolute Gasteiger partial charge is 0.141 e. The highest BCUT2D eigenvalue weighted by molar-refractivity contribution is 7.19. The highest BCUT2D eigenvalue weighted by atomic mass is 35.5. The lowest BCUT2D eigenvalue weighted by atomic mass is 10.1. The van der Waals surface area contributed by atoms with E-state index >= 15 is 0 Å². The Morgan fingerprint density at radius 2 is 2.21 bits per heavy atom. The van der Waals surface area contributed by atoms with Crippen LogP contribution in [0.2, 0.25) is 0 Å². The summed E-state index contributed by atoms with van der Waals surface area (Å²) in [5.74, 6) is 0.127. The van der Waals surface area contributed by atoms with Gasteiger partial charge in [-0.25, -0.2) is 4.39 Å². The second-order valence-electron chi connectivity index (χ2n) is 2.95. The molecule has 74 valence electrons. The van der Waals surface area contributed by atoms with Crippen LogP contribution in [-0.2, 0) is 12.5 Å². The molecule has 1 aromatic carbocycles. The molecule has 14 heavy (non-hydrogen) atoms. The maximum Gasteiger partial charge on any atom is 0.141 e. The topological polar surface area (TPSA) is 20.2 Å². The van der Waals surface area contributed by atoms with Crippen LogP contribution in [0.15, 0.2) is 18.2 Å². The quantitative estimate of drug-likeness (QED) is 0.786. The first-order valence-electron chi connectivity index (χ1n) is 4.13. The Bertz CT molecular complexity index is 466. The summed E-state index contributed by atoms with van der Waals surface area (Å²) in [7, 11) is 0. The van der Waals surface area contributed by atoms with Crippen molar-refractivity contribution in [3.05, 3.63) is 34.5 Å². The summed E-state index contributed by atoms with van der Waals surface area (Å²) in [6.45, 7) is -0.0742. The molecule has 0 aliphatic heterocycles. The maximum atomic E-state index is 13.3. The molecular formula is C10H8ClFOS. The predicted molar refractivity (Wildman–Crippen MR) is 57.3 cm³/mol. The van der Waals surface area contributed by atoms with E-state index in [9.17, 15) is 4.39 Å². The summed E-state index contributed by atoms with van der Waals surface area (Å²) < 4.78 is 13.9. The number of rotatable bonds is 2. The molecule has 2 rings (SSSR count). The van der Waals surface area contributed by atoms with Crippen LogP contribution >= 0.6 is 22.9 Å². The number of hydrogen-bond donors (Lipinski definition) is 1. The first-order chi connectivity index (χ1) is 6.76. The Hall–Kier alpha value is -0.640. The van der Waals surface area contributed by atoms with Crippen molar-refractivity contribution in [3.8, 4) is 0 Å². The van der Waals surface area contributed by atoms with Crippen molar-refractivity contribution in [2.45, 2.75) is 12.5 Å². The van der Waals surface area contributed by atoms with E-state index < -0.39 is 0 Å². The first kappa shape index (κ1) is 9.90. The van der Waals surface area contributed by atoms with E-state index in [4.69, 9.17) is 16.7 Å². The second kappa shape index (κ2) is 3.85. The van der Waals surface area contributed by atoms with E-state index in [2.05, 4.69) is 0 Å². The fourth-order valence-corrected chi connectivity index (χ4v) is 2.60. The number of halogens is 2. The van der Waals surface area contributed by atoms with Crippen LogP contribution in [0.1, 0.15) is 10.4 Å². The minimum absolute atomic E-state index is 0.0742.